The topological polar surface area (TPSA) is 111 Å². The number of carbonyl (C=O) groups excluding carboxylic acids is 1. The molecule has 1 saturated heterocycles. The van der Waals surface area contributed by atoms with Crippen LogP contribution < -0.4 is 19.9 Å². The number of urea groups is 1. The van der Waals surface area contributed by atoms with Crippen LogP contribution in [0.25, 0.3) is 0 Å². The molecule has 28 heavy (non-hydrogen) atoms. The molecule has 4 rings (SSSR count). The summed E-state index contributed by atoms with van der Waals surface area (Å²) in [6.45, 7) is 0.330. The van der Waals surface area contributed by atoms with Crippen LogP contribution in [-0.4, -0.2) is 42.5 Å². The van der Waals surface area contributed by atoms with E-state index in [4.69, 9.17) is 19.9 Å². The monoisotopic (exact) mass is 384 g/mol. The third-order valence-electron chi connectivity index (χ3n) is 5.35. The highest BCUT2D eigenvalue weighted by Gasteiger charge is 2.49. The normalized spacial score (nSPS) is 22.9. The summed E-state index contributed by atoms with van der Waals surface area (Å²) >= 11 is 0. The summed E-state index contributed by atoms with van der Waals surface area (Å²) in [6, 6.07) is 11.0. The molecule has 0 radical (unpaired) electrons. The summed E-state index contributed by atoms with van der Waals surface area (Å²) in [6.07, 6.45) is 0. The molecule has 0 bridgehead atoms. The number of methoxy groups -OCH3 is 1. The number of amides is 2. The van der Waals surface area contributed by atoms with Crippen molar-refractivity contribution in [3.05, 3.63) is 53.6 Å². The minimum Gasteiger partial charge on any atom is -0.497 e. The summed E-state index contributed by atoms with van der Waals surface area (Å²) in [5, 5.41) is 10.0. The molecule has 2 aliphatic heterocycles. The highest BCUT2D eigenvalue weighted by molar-refractivity contribution is 5.79. The van der Waals surface area contributed by atoms with Crippen molar-refractivity contribution in [3.63, 3.8) is 0 Å². The van der Waals surface area contributed by atoms with Crippen LogP contribution in [0.2, 0.25) is 0 Å². The van der Waals surface area contributed by atoms with Gasteiger partial charge in [0.05, 0.1) is 19.1 Å². The van der Waals surface area contributed by atoms with E-state index in [1.54, 1.807) is 43.5 Å². The van der Waals surface area contributed by atoms with Crippen LogP contribution in [0.15, 0.2) is 42.5 Å². The van der Waals surface area contributed by atoms with Gasteiger partial charge in [-0.25, -0.2) is 4.79 Å². The number of carboxylic acid groups (broad SMARTS) is 1. The second-order valence-electron chi connectivity index (χ2n) is 6.79. The summed E-state index contributed by atoms with van der Waals surface area (Å²) in [4.78, 5) is 25.8. The van der Waals surface area contributed by atoms with E-state index < -0.39 is 29.9 Å². The van der Waals surface area contributed by atoms with Crippen molar-refractivity contribution in [1.29, 1.82) is 0 Å². The molecule has 2 heterocycles. The Hall–Kier alpha value is -3.42. The van der Waals surface area contributed by atoms with E-state index in [2.05, 4.69) is 0 Å². The average molecular weight is 384 g/mol. The van der Waals surface area contributed by atoms with Gasteiger partial charge >= 0.3 is 12.0 Å². The van der Waals surface area contributed by atoms with Crippen molar-refractivity contribution in [2.75, 3.05) is 20.4 Å². The van der Waals surface area contributed by atoms with Gasteiger partial charge in [-0.15, -0.1) is 0 Å². The zero-order valence-electron chi connectivity index (χ0n) is 15.2. The fraction of sp³-hybridized carbons (Fsp3) is 0.300. The molecule has 146 valence electrons. The molecule has 8 nitrogen and oxygen atoms in total. The van der Waals surface area contributed by atoms with Crippen molar-refractivity contribution in [2.24, 2.45) is 11.7 Å². The van der Waals surface area contributed by atoms with E-state index in [0.717, 1.165) is 5.56 Å². The molecule has 2 aliphatic rings. The molecule has 8 heteroatoms. The van der Waals surface area contributed by atoms with Crippen LogP contribution in [0, 0.1) is 5.92 Å². The Morgan fingerprint density at radius 1 is 1.11 bits per heavy atom. The van der Waals surface area contributed by atoms with E-state index >= 15 is 0 Å². The Kier molecular flexibility index (Phi) is 4.46. The lowest BCUT2D eigenvalue weighted by Crippen LogP contribution is -2.37. The number of likely N-dealkylation sites (tertiary alicyclic amines) is 1. The molecular weight excluding hydrogens is 364 g/mol. The van der Waals surface area contributed by atoms with E-state index in [9.17, 15) is 14.7 Å². The lowest BCUT2D eigenvalue weighted by atomic mass is 9.83. The first kappa shape index (κ1) is 18.0. The minimum absolute atomic E-state index is 0.133. The summed E-state index contributed by atoms with van der Waals surface area (Å²) in [7, 11) is 1.55. The van der Waals surface area contributed by atoms with Gasteiger partial charge in [0.1, 0.15) is 5.75 Å². The number of aliphatic carboxylic acids is 1. The van der Waals surface area contributed by atoms with Gasteiger partial charge < -0.3 is 30.0 Å². The smallest absolute Gasteiger partial charge is 0.315 e. The molecule has 3 N–H and O–H groups in total. The Bertz CT molecular complexity index is 913. The van der Waals surface area contributed by atoms with Gasteiger partial charge in [-0.1, -0.05) is 18.2 Å². The van der Waals surface area contributed by atoms with Crippen molar-refractivity contribution in [3.8, 4) is 17.2 Å². The van der Waals surface area contributed by atoms with Crippen LogP contribution in [0.4, 0.5) is 4.79 Å². The SMILES string of the molecule is COc1ccc(C2C(C(=O)O)C(c3ccc4c(c3)OCO4)CN2C(N)=O)cc1. The number of primary amides is 1. The first-order valence-corrected chi connectivity index (χ1v) is 8.82. The third kappa shape index (κ3) is 2.96. The van der Waals surface area contributed by atoms with Gasteiger partial charge in [-0.05, 0) is 35.4 Å². The number of ether oxygens (including phenoxy) is 3. The van der Waals surface area contributed by atoms with Crippen molar-refractivity contribution < 1.29 is 28.9 Å². The lowest BCUT2D eigenvalue weighted by Gasteiger charge is -2.26. The van der Waals surface area contributed by atoms with Gasteiger partial charge in [-0.2, -0.15) is 0 Å². The second-order valence-corrected chi connectivity index (χ2v) is 6.79. The summed E-state index contributed by atoms with van der Waals surface area (Å²) in [5.74, 6) is -0.459. The number of hydrogen-bond acceptors (Lipinski definition) is 5. The summed E-state index contributed by atoms with van der Waals surface area (Å²) < 4.78 is 15.9. The number of nitrogens with zero attached hydrogens (tertiary/aromatic N) is 1. The van der Waals surface area contributed by atoms with Crippen molar-refractivity contribution in [1.82, 2.24) is 4.90 Å². The number of fused-ring (bicyclic) bond motifs is 1. The maximum Gasteiger partial charge on any atom is 0.315 e. The molecule has 1 fully saturated rings. The van der Waals surface area contributed by atoms with Gasteiger partial charge in [-0.3, -0.25) is 4.79 Å². The Balaban J connectivity index is 1.75. The molecule has 0 aromatic heterocycles. The van der Waals surface area contributed by atoms with Crippen LogP contribution >= 0.6 is 0 Å². The van der Waals surface area contributed by atoms with Gasteiger partial charge in [0.15, 0.2) is 11.5 Å². The number of hydrogen-bond donors (Lipinski definition) is 2. The Morgan fingerprint density at radius 2 is 1.79 bits per heavy atom. The minimum atomic E-state index is -0.993. The van der Waals surface area contributed by atoms with Crippen molar-refractivity contribution >= 4 is 12.0 Å². The molecule has 2 amide bonds. The Morgan fingerprint density at radius 3 is 2.43 bits per heavy atom. The van der Waals surface area contributed by atoms with E-state index in [1.807, 2.05) is 6.07 Å². The van der Waals surface area contributed by atoms with E-state index in [1.165, 1.54) is 4.90 Å². The predicted molar refractivity (Wildman–Crippen MR) is 98.5 cm³/mol. The van der Waals surface area contributed by atoms with E-state index in [-0.39, 0.29) is 13.3 Å². The molecule has 0 saturated carbocycles. The number of nitrogens with two attached hydrogens (primary N) is 1. The first-order chi connectivity index (χ1) is 13.5. The maximum absolute atomic E-state index is 12.2. The van der Waals surface area contributed by atoms with E-state index in [0.29, 0.717) is 22.8 Å². The van der Waals surface area contributed by atoms with Gasteiger partial charge in [0.2, 0.25) is 6.79 Å². The highest BCUT2D eigenvalue weighted by Crippen LogP contribution is 2.47. The zero-order valence-corrected chi connectivity index (χ0v) is 15.2. The molecule has 2 aromatic carbocycles. The molecule has 2 aromatic rings. The number of carbonyl (C=O) groups is 2. The largest absolute Gasteiger partial charge is 0.497 e. The molecule has 0 aliphatic carbocycles. The predicted octanol–water partition coefficient (Wildman–Crippen LogP) is 2.34. The summed E-state index contributed by atoms with van der Waals surface area (Å²) in [5.41, 5.74) is 7.05. The molecule has 3 atom stereocenters. The fourth-order valence-electron chi connectivity index (χ4n) is 4.03. The Labute approximate surface area is 161 Å². The zero-order chi connectivity index (χ0) is 19.8. The van der Waals surface area contributed by atoms with Gasteiger partial charge in [0.25, 0.3) is 0 Å². The quantitative estimate of drug-likeness (QED) is 0.837. The van der Waals surface area contributed by atoms with Crippen LogP contribution in [0.3, 0.4) is 0 Å². The van der Waals surface area contributed by atoms with Crippen LogP contribution in [0.1, 0.15) is 23.1 Å². The molecule has 0 spiro atoms. The first-order valence-electron chi connectivity index (χ1n) is 8.82. The molecular formula is C20H20N2O6. The number of rotatable bonds is 4. The number of carboxylic acids is 1. The highest BCUT2D eigenvalue weighted by atomic mass is 16.7. The lowest BCUT2D eigenvalue weighted by molar-refractivity contribution is -0.142. The van der Waals surface area contributed by atoms with Crippen LogP contribution in [-0.2, 0) is 4.79 Å². The van der Waals surface area contributed by atoms with Crippen molar-refractivity contribution in [2.45, 2.75) is 12.0 Å². The number of benzene rings is 2. The van der Waals surface area contributed by atoms with Crippen LogP contribution in [0.5, 0.6) is 17.2 Å². The average Bonchev–Trinajstić information content (AvgIpc) is 3.32. The van der Waals surface area contributed by atoms with Gasteiger partial charge in [0, 0.05) is 12.5 Å². The maximum atomic E-state index is 12.2. The molecule has 3 unspecified atom stereocenters. The third-order valence-corrected chi connectivity index (χ3v) is 5.35. The standard InChI is InChI=1S/C20H20N2O6/c1-26-13-5-2-11(3-6-13)18-17(19(23)24)14(9-22(18)20(21)25)12-4-7-15-16(8-12)28-10-27-15/h2-8,14,17-18H,9-10H2,1H3,(H2,21,25)(H,23,24). The fourth-order valence-corrected chi connectivity index (χ4v) is 4.03. The second kappa shape index (κ2) is 6.95.